The van der Waals surface area contributed by atoms with Crippen LogP contribution in [0.2, 0.25) is 0 Å². The summed E-state index contributed by atoms with van der Waals surface area (Å²) >= 11 is 0. The lowest BCUT2D eigenvalue weighted by molar-refractivity contribution is -0.147. The zero-order chi connectivity index (χ0) is 16.2. The van der Waals surface area contributed by atoms with Crippen LogP contribution in [-0.4, -0.2) is 57.5 Å². The van der Waals surface area contributed by atoms with Crippen molar-refractivity contribution in [3.63, 3.8) is 0 Å². The third-order valence-corrected chi connectivity index (χ3v) is 3.78. The number of carboxylic acids is 1. The molecule has 2 aromatic rings. The Morgan fingerprint density at radius 2 is 2.09 bits per heavy atom. The van der Waals surface area contributed by atoms with E-state index in [0.29, 0.717) is 18.7 Å². The Morgan fingerprint density at radius 1 is 1.30 bits per heavy atom. The highest BCUT2D eigenvalue weighted by Gasteiger charge is 2.33. The molecule has 0 saturated carbocycles. The highest BCUT2D eigenvalue weighted by atomic mass is 16.5. The van der Waals surface area contributed by atoms with Crippen LogP contribution in [0, 0.1) is 0 Å². The van der Waals surface area contributed by atoms with E-state index in [-0.39, 0.29) is 19.1 Å². The minimum absolute atomic E-state index is 0.0262. The average molecular weight is 315 g/mol. The highest BCUT2D eigenvalue weighted by Crippen LogP contribution is 2.14. The van der Waals surface area contributed by atoms with Crippen LogP contribution in [0.4, 0.5) is 0 Å². The number of hydrogen-bond acceptors (Lipinski definition) is 4. The molecule has 1 aliphatic heterocycles. The van der Waals surface area contributed by atoms with Crippen molar-refractivity contribution in [2.75, 3.05) is 19.8 Å². The van der Waals surface area contributed by atoms with Crippen molar-refractivity contribution in [2.45, 2.75) is 12.6 Å². The van der Waals surface area contributed by atoms with E-state index < -0.39 is 12.0 Å². The fourth-order valence-corrected chi connectivity index (χ4v) is 2.55. The lowest BCUT2D eigenvalue weighted by Crippen LogP contribution is -2.52. The van der Waals surface area contributed by atoms with Crippen molar-refractivity contribution in [1.29, 1.82) is 0 Å². The van der Waals surface area contributed by atoms with Gasteiger partial charge < -0.3 is 14.7 Å². The number of aliphatic carboxylic acids is 1. The second-order valence-corrected chi connectivity index (χ2v) is 5.33. The van der Waals surface area contributed by atoms with Crippen LogP contribution in [0.5, 0.6) is 0 Å². The first-order chi connectivity index (χ1) is 11.1. The summed E-state index contributed by atoms with van der Waals surface area (Å²) in [5.41, 5.74) is 1.49. The van der Waals surface area contributed by atoms with Gasteiger partial charge in [-0.2, -0.15) is 5.10 Å². The van der Waals surface area contributed by atoms with E-state index in [1.165, 1.54) is 4.90 Å². The van der Waals surface area contributed by atoms with Crippen LogP contribution in [0.3, 0.4) is 0 Å². The number of nitrogens with zero attached hydrogens (tertiary/aromatic N) is 3. The summed E-state index contributed by atoms with van der Waals surface area (Å²) in [5, 5.41) is 13.3. The van der Waals surface area contributed by atoms with Gasteiger partial charge in [-0.1, -0.05) is 12.1 Å². The predicted molar refractivity (Wildman–Crippen MR) is 81.1 cm³/mol. The fourth-order valence-electron chi connectivity index (χ4n) is 2.55. The molecule has 7 nitrogen and oxygen atoms in total. The van der Waals surface area contributed by atoms with E-state index in [2.05, 4.69) is 5.10 Å². The van der Waals surface area contributed by atoms with Crippen molar-refractivity contribution >= 4 is 11.9 Å². The summed E-state index contributed by atoms with van der Waals surface area (Å²) in [6.07, 6.45) is 3.58. The van der Waals surface area contributed by atoms with Crippen molar-refractivity contribution in [3.8, 4) is 0 Å². The van der Waals surface area contributed by atoms with Crippen LogP contribution in [0.15, 0.2) is 42.7 Å². The van der Waals surface area contributed by atoms with E-state index in [1.807, 2.05) is 24.4 Å². The molecule has 1 aliphatic rings. The molecule has 1 saturated heterocycles. The molecule has 3 rings (SSSR count). The van der Waals surface area contributed by atoms with Crippen LogP contribution in [-0.2, 0) is 16.1 Å². The maximum Gasteiger partial charge on any atom is 0.328 e. The van der Waals surface area contributed by atoms with Crippen molar-refractivity contribution in [2.24, 2.45) is 0 Å². The van der Waals surface area contributed by atoms with Gasteiger partial charge in [0.15, 0.2) is 6.04 Å². The molecule has 0 spiro atoms. The number of ether oxygens (including phenoxy) is 1. The second-order valence-electron chi connectivity index (χ2n) is 5.33. The summed E-state index contributed by atoms with van der Waals surface area (Å²) in [7, 11) is 0. The van der Waals surface area contributed by atoms with Gasteiger partial charge in [0.05, 0.1) is 19.8 Å². The van der Waals surface area contributed by atoms with Gasteiger partial charge in [0.25, 0.3) is 5.91 Å². The van der Waals surface area contributed by atoms with Crippen molar-refractivity contribution < 1.29 is 19.4 Å². The van der Waals surface area contributed by atoms with Crippen LogP contribution in [0.1, 0.15) is 15.9 Å². The molecule has 0 bridgehead atoms. The van der Waals surface area contributed by atoms with E-state index in [9.17, 15) is 14.7 Å². The van der Waals surface area contributed by atoms with Gasteiger partial charge >= 0.3 is 5.97 Å². The first kappa shape index (κ1) is 15.2. The number of carbonyl (C=O) groups is 2. The van der Waals surface area contributed by atoms with Gasteiger partial charge in [-0.05, 0) is 23.8 Å². The smallest absolute Gasteiger partial charge is 0.328 e. The maximum atomic E-state index is 12.5. The molecule has 1 unspecified atom stereocenters. The van der Waals surface area contributed by atoms with Crippen molar-refractivity contribution in [3.05, 3.63) is 53.9 Å². The topological polar surface area (TPSA) is 84.7 Å². The van der Waals surface area contributed by atoms with Crippen LogP contribution < -0.4 is 0 Å². The molecule has 1 N–H and O–H groups in total. The van der Waals surface area contributed by atoms with Gasteiger partial charge in [0, 0.05) is 24.5 Å². The number of carbonyl (C=O) groups excluding carboxylic acids is 1. The fraction of sp³-hybridized carbons (Fsp3) is 0.312. The Balaban J connectivity index is 1.73. The third-order valence-electron chi connectivity index (χ3n) is 3.78. The number of hydrogen-bond donors (Lipinski definition) is 1. The van der Waals surface area contributed by atoms with Gasteiger partial charge in [-0.15, -0.1) is 0 Å². The zero-order valence-corrected chi connectivity index (χ0v) is 12.5. The molecule has 1 amide bonds. The third kappa shape index (κ3) is 3.40. The Morgan fingerprint density at radius 3 is 2.74 bits per heavy atom. The number of carboxylic acid groups (broad SMARTS) is 1. The number of amides is 1. The maximum absolute atomic E-state index is 12.5. The van der Waals surface area contributed by atoms with E-state index >= 15 is 0 Å². The van der Waals surface area contributed by atoms with Gasteiger partial charge in [-0.3, -0.25) is 9.48 Å². The molecule has 1 aromatic heterocycles. The second kappa shape index (κ2) is 6.62. The van der Waals surface area contributed by atoms with Gasteiger partial charge in [-0.25, -0.2) is 4.79 Å². The largest absolute Gasteiger partial charge is 0.480 e. The molecule has 7 heteroatoms. The summed E-state index contributed by atoms with van der Waals surface area (Å²) in [5.74, 6) is -1.33. The quantitative estimate of drug-likeness (QED) is 0.904. The summed E-state index contributed by atoms with van der Waals surface area (Å²) in [4.78, 5) is 25.1. The molecular formula is C16H17N3O4. The van der Waals surface area contributed by atoms with Gasteiger partial charge in [0.1, 0.15) is 0 Å². The van der Waals surface area contributed by atoms with Crippen LogP contribution in [0.25, 0.3) is 0 Å². The van der Waals surface area contributed by atoms with E-state index in [4.69, 9.17) is 4.74 Å². The summed E-state index contributed by atoms with van der Waals surface area (Å²) in [6.45, 7) is 1.28. The monoisotopic (exact) mass is 315 g/mol. The number of morpholine rings is 1. The standard InChI is InChI=1S/C16H17N3O4/c20-15(19-8-9-23-11-14(19)16(21)22)13-4-2-12(3-5-13)10-18-7-1-6-17-18/h1-7,14H,8-11H2,(H,21,22). The predicted octanol–water partition coefficient (Wildman–Crippen LogP) is 0.857. The molecule has 0 aliphatic carbocycles. The molecule has 1 fully saturated rings. The summed E-state index contributed by atoms with van der Waals surface area (Å²) in [6, 6.07) is 8.06. The minimum atomic E-state index is -1.05. The highest BCUT2D eigenvalue weighted by molar-refractivity contribution is 5.96. The normalized spacial score (nSPS) is 17.9. The molecule has 23 heavy (non-hydrogen) atoms. The zero-order valence-electron chi connectivity index (χ0n) is 12.5. The molecule has 2 heterocycles. The Bertz CT molecular complexity index is 682. The number of aromatic nitrogens is 2. The van der Waals surface area contributed by atoms with E-state index in [0.717, 1.165) is 5.56 Å². The SMILES string of the molecule is O=C(O)C1COCCN1C(=O)c1ccc(Cn2cccn2)cc1. The average Bonchev–Trinajstić information content (AvgIpc) is 3.08. The van der Waals surface area contributed by atoms with Crippen LogP contribution >= 0.6 is 0 Å². The number of rotatable bonds is 4. The van der Waals surface area contributed by atoms with E-state index in [1.54, 1.807) is 23.0 Å². The molecular weight excluding hydrogens is 298 g/mol. The first-order valence-electron chi connectivity index (χ1n) is 7.33. The molecule has 0 radical (unpaired) electrons. The Labute approximate surface area is 133 Å². The molecule has 1 atom stereocenters. The lowest BCUT2D eigenvalue weighted by Gasteiger charge is -2.32. The molecule has 1 aromatic carbocycles. The lowest BCUT2D eigenvalue weighted by atomic mass is 10.1. The first-order valence-corrected chi connectivity index (χ1v) is 7.33. The Kier molecular flexibility index (Phi) is 4.38. The Hall–Kier alpha value is -2.67. The summed E-state index contributed by atoms with van der Waals surface area (Å²) < 4.78 is 6.94. The number of benzene rings is 1. The van der Waals surface area contributed by atoms with Crippen molar-refractivity contribution in [1.82, 2.24) is 14.7 Å². The minimum Gasteiger partial charge on any atom is -0.480 e. The van der Waals surface area contributed by atoms with Gasteiger partial charge in [0.2, 0.25) is 0 Å². The molecule has 120 valence electrons.